The van der Waals surface area contributed by atoms with Crippen LogP contribution in [0.5, 0.6) is 0 Å². The van der Waals surface area contributed by atoms with Crippen LogP contribution in [0.25, 0.3) is 16.9 Å². The average molecular weight is 322 g/mol. The first-order valence-corrected chi connectivity index (χ1v) is 8.65. The predicted molar refractivity (Wildman–Crippen MR) is 91.5 cm³/mol. The SMILES string of the molecule is Fc1ccc(-c2cc(N3C[C@H]4CCC[C@@H]3C4)n3nccc3n2)cc1. The topological polar surface area (TPSA) is 33.4 Å². The van der Waals surface area contributed by atoms with Gasteiger partial charge in [0, 0.05) is 30.3 Å². The van der Waals surface area contributed by atoms with Crippen LogP contribution in [0.15, 0.2) is 42.6 Å². The van der Waals surface area contributed by atoms with E-state index in [1.807, 2.05) is 10.6 Å². The molecule has 2 atom stereocenters. The van der Waals surface area contributed by atoms with E-state index in [1.54, 1.807) is 18.3 Å². The minimum atomic E-state index is -0.224. The number of nitrogens with zero attached hydrogens (tertiary/aromatic N) is 4. The van der Waals surface area contributed by atoms with Gasteiger partial charge in [0.25, 0.3) is 0 Å². The number of aromatic nitrogens is 3. The van der Waals surface area contributed by atoms with Crippen molar-refractivity contribution in [1.29, 1.82) is 0 Å². The van der Waals surface area contributed by atoms with Crippen LogP contribution in [0.2, 0.25) is 0 Å². The van der Waals surface area contributed by atoms with Crippen LogP contribution >= 0.6 is 0 Å². The maximum Gasteiger partial charge on any atom is 0.157 e. The van der Waals surface area contributed by atoms with Gasteiger partial charge in [-0.1, -0.05) is 6.42 Å². The minimum absolute atomic E-state index is 0.224. The van der Waals surface area contributed by atoms with E-state index < -0.39 is 0 Å². The molecule has 3 aromatic rings. The van der Waals surface area contributed by atoms with Gasteiger partial charge in [-0.2, -0.15) is 9.61 Å². The number of anilines is 1. The summed E-state index contributed by atoms with van der Waals surface area (Å²) in [5.74, 6) is 1.69. The second-order valence-corrected chi connectivity index (χ2v) is 6.95. The summed E-state index contributed by atoms with van der Waals surface area (Å²) >= 11 is 0. The van der Waals surface area contributed by atoms with E-state index in [-0.39, 0.29) is 5.82 Å². The molecule has 0 N–H and O–H groups in total. The highest BCUT2D eigenvalue weighted by molar-refractivity contribution is 5.67. The van der Waals surface area contributed by atoms with Crippen LogP contribution in [0.4, 0.5) is 10.2 Å². The lowest BCUT2D eigenvalue weighted by Gasteiger charge is -2.27. The molecule has 4 nitrogen and oxygen atoms in total. The molecule has 2 bridgehead atoms. The fraction of sp³-hybridized carbons (Fsp3) is 0.368. The van der Waals surface area contributed by atoms with Crippen molar-refractivity contribution in [2.45, 2.75) is 31.7 Å². The number of benzene rings is 1. The summed E-state index contributed by atoms with van der Waals surface area (Å²) in [6.45, 7) is 1.10. The molecule has 122 valence electrons. The van der Waals surface area contributed by atoms with E-state index in [9.17, 15) is 4.39 Å². The van der Waals surface area contributed by atoms with E-state index in [0.29, 0.717) is 6.04 Å². The van der Waals surface area contributed by atoms with Crippen LogP contribution in [-0.2, 0) is 0 Å². The summed E-state index contributed by atoms with van der Waals surface area (Å²) in [6.07, 6.45) is 7.00. The third kappa shape index (κ3) is 2.19. The molecule has 2 aromatic heterocycles. The van der Waals surface area contributed by atoms with Gasteiger partial charge in [0.2, 0.25) is 0 Å². The van der Waals surface area contributed by atoms with Crippen molar-refractivity contribution >= 4 is 11.5 Å². The molecular formula is C19H19FN4. The molecule has 1 aliphatic heterocycles. The summed E-state index contributed by atoms with van der Waals surface area (Å²) < 4.78 is 15.2. The Kier molecular flexibility index (Phi) is 3.08. The van der Waals surface area contributed by atoms with Gasteiger partial charge in [0.05, 0.1) is 11.9 Å². The molecule has 3 heterocycles. The van der Waals surface area contributed by atoms with Gasteiger partial charge in [-0.3, -0.25) is 0 Å². The van der Waals surface area contributed by atoms with Crippen LogP contribution < -0.4 is 4.90 Å². The Labute approximate surface area is 139 Å². The van der Waals surface area contributed by atoms with Crippen LogP contribution in [0.3, 0.4) is 0 Å². The van der Waals surface area contributed by atoms with E-state index >= 15 is 0 Å². The molecule has 5 rings (SSSR count). The fourth-order valence-corrected chi connectivity index (χ4v) is 4.29. The maximum atomic E-state index is 13.2. The first-order chi connectivity index (χ1) is 11.8. The van der Waals surface area contributed by atoms with E-state index in [0.717, 1.165) is 35.2 Å². The molecule has 2 aliphatic rings. The molecular weight excluding hydrogens is 303 g/mol. The maximum absolute atomic E-state index is 13.2. The van der Waals surface area contributed by atoms with E-state index in [1.165, 1.54) is 37.8 Å². The zero-order chi connectivity index (χ0) is 16.1. The highest BCUT2D eigenvalue weighted by Crippen LogP contribution is 2.39. The molecule has 1 saturated carbocycles. The largest absolute Gasteiger partial charge is 0.353 e. The highest BCUT2D eigenvalue weighted by Gasteiger charge is 2.36. The van der Waals surface area contributed by atoms with Gasteiger partial charge in [-0.15, -0.1) is 0 Å². The molecule has 2 fully saturated rings. The Morgan fingerprint density at radius 2 is 1.96 bits per heavy atom. The Balaban J connectivity index is 1.64. The normalized spacial score (nSPS) is 23.1. The van der Waals surface area contributed by atoms with Crippen molar-refractivity contribution in [1.82, 2.24) is 14.6 Å². The number of halogens is 1. The summed E-state index contributed by atoms with van der Waals surface area (Å²) in [7, 11) is 0. The van der Waals surface area contributed by atoms with E-state index in [2.05, 4.69) is 16.1 Å². The van der Waals surface area contributed by atoms with Crippen molar-refractivity contribution in [3.63, 3.8) is 0 Å². The molecule has 1 aromatic carbocycles. The van der Waals surface area contributed by atoms with Crippen molar-refractivity contribution < 1.29 is 4.39 Å². The van der Waals surface area contributed by atoms with Crippen molar-refractivity contribution in [3.05, 3.63) is 48.4 Å². The third-order valence-corrected chi connectivity index (χ3v) is 5.43. The molecule has 0 spiro atoms. The Hall–Kier alpha value is -2.43. The standard InChI is InChI=1S/C19H19FN4/c20-15-6-4-14(5-7-15)17-11-19(24-18(22-17)8-9-21-24)23-12-13-2-1-3-16(23)10-13/h4-9,11,13,16H,1-3,10,12H2/t13-,16+/m0/s1. The Bertz CT molecular complexity index is 886. The second-order valence-electron chi connectivity index (χ2n) is 6.95. The van der Waals surface area contributed by atoms with Gasteiger partial charge < -0.3 is 4.90 Å². The van der Waals surface area contributed by atoms with Gasteiger partial charge in [0.15, 0.2) is 5.65 Å². The molecule has 1 saturated heterocycles. The summed E-state index contributed by atoms with van der Waals surface area (Å²) in [4.78, 5) is 7.21. The number of fused-ring (bicyclic) bond motifs is 3. The van der Waals surface area contributed by atoms with Crippen LogP contribution in [0.1, 0.15) is 25.7 Å². The molecule has 5 heteroatoms. The number of hydrogen-bond donors (Lipinski definition) is 0. The lowest BCUT2D eigenvalue weighted by molar-refractivity contribution is 0.414. The number of rotatable bonds is 2. The molecule has 24 heavy (non-hydrogen) atoms. The average Bonchev–Trinajstić information content (AvgIpc) is 3.19. The van der Waals surface area contributed by atoms with Crippen molar-refractivity contribution in [2.24, 2.45) is 5.92 Å². The monoisotopic (exact) mass is 322 g/mol. The smallest absolute Gasteiger partial charge is 0.157 e. The van der Waals surface area contributed by atoms with Gasteiger partial charge >= 0.3 is 0 Å². The highest BCUT2D eigenvalue weighted by atomic mass is 19.1. The first kappa shape index (κ1) is 14.0. The summed E-state index contributed by atoms with van der Waals surface area (Å²) in [5, 5.41) is 4.48. The summed E-state index contributed by atoms with van der Waals surface area (Å²) in [6, 6.07) is 11.2. The lowest BCUT2D eigenvalue weighted by Crippen LogP contribution is -2.30. The van der Waals surface area contributed by atoms with Crippen LogP contribution in [-0.4, -0.2) is 27.2 Å². The molecule has 1 aliphatic carbocycles. The zero-order valence-electron chi connectivity index (χ0n) is 13.4. The summed E-state index contributed by atoms with van der Waals surface area (Å²) in [5.41, 5.74) is 2.65. The lowest BCUT2D eigenvalue weighted by atomic mass is 9.90. The van der Waals surface area contributed by atoms with Gasteiger partial charge in [-0.25, -0.2) is 9.37 Å². The van der Waals surface area contributed by atoms with Crippen LogP contribution in [0, 0.1) is 11.7 Å². The Morgan fingerprint density at radius 1 is 1.08 bits per heavy atom. The quantitative estimate of drug-likeness (QED) is 0.717. The van der Waals surface area contributed by atoms with Crippen molar-refractivity contribution in [3.8, 4) is 11.3 Å². The zero-order valence-corrected chi connectivity index (χ0v) is 13.4. The minimum Gasteiger partial charge on any atom is -0.353 e. The molecule has 0 radical (unpaired) electrons. The molecule has 0 unspecified atom stereocenters. The van der Waals surface area contributed by atoms with E-state index in [4.69, 9.17) is 4.98 Å². The second kappa shape index (κ2) is 5.30. The first-order valence-electron chi connectivity index (χ1n) is 8.65. The Morgan fingerprint density at radius 3 is 2.79 bits per heavy atom. The third-order valence-electron chi connectivity index (χ3n) is 5.43. The number of hydrogen-bond acceptors (Lipinski definition) is 3. The molecule has 0 amide bonds. The van der Waals surface area contributed by atoms with Gasteiger partial charge in [-0.05, 0) is 49.4 Å². The predicted octanol–water partition coefficient (Wildman–Crippen LogP) is 3.91. The fourth-order valence-electron chi connectivity index (χ4n) is 4.29. The van der Waals surface area contributed by atoms with Gasteiger partial charge in [0.1, 0.15) is 11.6 Å². The van der Waals surface area contributed by atoms with Crippen molar-refractivity contribution in [2.75, 3.05) is 11.4 Å².